The lowest BCUT2D eigenvalue weighted by atomic mass is 10.0. The molecule has 0 saturated heterocycles. The first-order valence-electron chi connectivity index (χ1n) is 6.47. The van der Waals surface area contributed by atoms with Crippen LogP contribution in [0.3, 0.4) is 0 Å². The fourth-order valence-electron chi connectivity index (χ4n) is 1.50. The number of hydrogen-bond acceptors (Lipinski definition) is 3. The Kier molecular flexibility index (Phi) is 8.07. The van der Waals surface area contributed by atoms with E-state index < -0.39 is 3.12 Å². The first kappa shape index (κ1) is 19.3. The van der Waals surface area contributed by atoms with Crippen LogP contribution in [-0.2, 0) is 4.79 Å². The van der Waals surface area contributed by atoms with Crippen LogP contribution in [0, 0.1) is 5.92 Å². The SMILES string of the molecule is CC(CSSC(Cl)(Cl)Cl)C(=O)Nc1ccc(C(C)C)cc1. The van der Waals surface area contributed by atoms with Crippen molar-refractivity contribution in [3.63, 3.8) is 0 Å². The lowest BCUT2D eigenvalue weighted by Crippen LogP contribution is -2.22. The van der Waals surface area contributed by atoms with E-state index in [9.17, 15) is 4.79 Å². The Balaban J connectivity index is 2.45. The number of hydrogen-bond donors (Lipinski definition) is 1. The van der Waals surface area contributed by atoms with E-state index in [2.05, 4.69) is 19.2 Å². The third-order valence-corrected chi connectivity index (χ3v) is 6.74. The van der Waals surface area contributed by atoms with Gasteiger partial charge in [0.2, 0.25) is 9.03 Å². The molecule has 1 atom stereocenters. The van der Waals surface area contributed by atoms with Crippen molar-refractivity contribution in [3.8, 4) is 0 Å². The average molecular weight is 387 g/mol. The monoisotopic (exact) mass is 385 g/mol. The topological polar surface area (TPSA) is 29.1 Å². The number of rotatable bonds is 6. The second kappa shape index (κ2) is 8.78. The third kappa shape index (κ3) is 7.89. The second-order valence-corrected chi connectivity index (χ2v) is 10.5. The standard InChI is InChI=1S/C14H18Cl3NOS2/c1-9(2)11-4-6-12(7-5-11)18-13(19)10(3)8-20-21-14(15,16)17/h4-7,9-10H,8H2,1-3H3,(H,18,19). The maximum atomic E-state index is 12.1. The molecule has 0 saturated carbocycles. The minimum absolute atomic E-state index is 0.0373. The molecule has 0 heterocycles. The summed E-state index contributed by atoms with van der Waals surface area (Å²) in [6, 6.07) is 7.89. The maximum Gasteiger partial charge on any atom is 0.247 e. The van der Waals surface area contributed by atoms with Crippen LogP contribution in [0.2, 0.25) is 0 Å². The highest BCUT2D eigenvalue weighted by Crippen LogP contribution is 2.46. The van der Waals surface area contributed by atoms with Crippen LogP contribution in [0.5, 0.6) is 0 Å². The van der Waals surface area contributed by atoms with Crippen molar-refractivity contribution in [1.82, 2.24) is 0 Å². The summed E-state index contributed by atoms with van der Waals surface area (Å²) >= 11 is 16.9. The molecule has 118 valence electrons. The number of anilines is 1. The highest BCUT2D eigenvalue weighted by atomic mass is 35.6. The van der Waals surface area contributed by atoms with Gasteiger partial charge in [-0.1, -0.05) is 78.5 Å². The quantitative estimate of drug-likeness (QED) is 0.473. The molecule has 0 aromatic heterocycles. The van der Waals surface area contributed by atoms with Crippen molar-refractivity contribution in [2.45, 2.75) is 29.8 Å². The second-order valence-electron chi connectivity index (χ2n) is 4.98. The molecule has 1 aromatic carbocycles. The Bertz CT molecular complexity index is 460. The zero-order valence-electron chi connectivity index (χ0n) is 12.0. The van der Waals surface area contributed by atoms with Gasteiger partial charge in [-0.3, -0.25) is 4.79 Å². The van der Waals surface area contributed by atoms with Crippen molar-refractivity contribution in [2.75, 3.05) is 11.1 Å². The van der Waals surface area contributed by atoms with E-state index in [4.69, 9.17) is 34.8 Å². The predicted molar refractivity (Wildman–Crippen MR) is 98.7 cm³/mol. The molecule has 1 amide bonds. The molecule has 0 aliphatic rings. The normalized spacial score (nSPS) is 13.3. The zero-order valence-corrected chi connectivity index (χ0v) is 15.9. The molecule has 1 N–H and O–H groups in total. The molecule has 0 aliphatic carbocycles. The number of carbonyl (C=O) groups is 1. The van der Waals surface area contributed by atoms with Crippen LogP contribution in [0.15, 0.2) is 24.3 Å². The van der Waals surface area contributed by atoms with E-state index in [1.807, 2.05) is 31.2 Å². The summed E-state index contributed by atoms with van der Waals surface area (Å²) < 4.78 is -1.35. The first-order chi connectivity index (χ1) is 9.69. The van der Waals surface area contributed by atoms with Crippen molar-refractivity contribution in [1.29, 1.82) is 0 Å². The van der Waals surface area contributed by atoms with Gasteiger partial charge in [0.1, 0.15) is 0 Å². The Morgan fingerprint density at radius 3 is 2.24 bits per heavy atom. The number of benzene rings is 1. The van der Waals surface area contributed by atoms with Gasteiger partial charge in [-0.2, -0.15) is 0 Å². The molecule has 2 nitrogen and oxygen atoms in total. The van der Waals surface area contributed by atoms with Gasteiger partial charge in [-0.15, -0.1) is 0 Å². The molecule has 0 bridgehead atoms. The van der Waals surface area contributed by atoms with E-state index >= 15 is 0 Å². The van der Waals surface area contributed by atoms with Crippen molar-refractivity contribution >= 4 is 68.0 Å². The molecular weight excluding hydrogens is 369 g/mol. The van der Waals surface area contributed by atoms with Gasteiger partial charge >= 0.3 is 0 Å². The van der Waals surface area contributed by atoms with Gasteiger partial charge < -0.3 is 5.32 Å². The van der Waals surface area contributed by atoms with E-state index in [1.165, 1.54) is 16.4 Å². The Morgan fingerprint density at radius 1 is 1.19 bits per heavy atom. The van der Waals surface area contributed by atoms with Crippen LogP contribution < -0.4 is 5.32 Å². The lowest BCUT2D eigenvalue weighted by Gasteiger charge is -2.14. The summed E-state index contributed by atoms with van der Waals surface area (Å²) in [5.41, 5.74) is 2.05. The van der Waals surface area contributed by atoms with Crippen LogP contribution >= 0.6 is 56.4 Å². The maximum absolute atomic E-state index is 12.1. The molecule has 21 heavy (non-hydrogen) atoms. The van der Waals surface area contributed by atoms with Crippen molar-refractivity contribution in [3.05, 3.63) is 29.8 Å². The molecular formula is C14H18Cl3NOS2. The van der Waals surface area contributed by atoms with E-state index in [0.29, 0.717) is 11.7 Å². The summed E-state index contributed by atoms with van der Waals surface area (Å²) in [6.45, 7) is 6.12. The smallest absolute Gasteiger partial charge is 0.247 e. The van der Waals surface area contributed by atoms with E-state index in [1.54, 1.807) is 0 Å². The molecule has 1 unspecified atom stereocenters. The van der Waals surface area contributed by atoms with Crippen molar-refractivity contribution < 1.29 is 4.79 Å². The van der Waals surface area contributed by atoms with Gasteiger partial charge in [0.05, 0.1) is 0 Å². The first-order valence-corrected chi connectivity index (χ1v) is 9.92. The highest BCUT2D eigenvalue weighted by molar-refractivity contribution is 8.78. The number of halogens is 3. The zero-order chi connectivity index (χ0) is 16.0. The minimum atomic E-state index is -1.35. The average Bonchev–Trinajstić information content (AvgIpc) is 2.37. The summed E-state index contributed by atoms with van der Waals surface area (Å²) in [4.78, 5) is 12.1. The number of carbonyl (C=O) groups excluding carboxylic acids is 1. The molecule has 0 radical (unpaired) electrons. The molecule has 0 aliphatic heterocycles. The molecule has 1 aromatic rings. The Morgan fingerprint density at radius 2 is 1.76 bits per heavy atom. The number of amides is 1. The van der Waals surface area contributed by atoms with Gasteiger partial charge in [-0.05, 0) is 34.4 Å². The van der Waals surface area contributed by atoms with Crippen molar-refractivity contribution in [2.24, 2.45) is 5.92 Å². The van der Waals surface area contributed by atoms with Gasteiger partial charge in [0, 0.05) is 17.4 Å². The number of alkyl halides is 3. The summed E-state index contributed by atoms with van der Waals surface area (Å²) in [6.07, 6.45) is 0. The van der Waals surface area contributed by atoms with E-state index in [0.717, 1.165) is 16.5 Å². The highest BCUT2D eigenvalue weighted by Gasteiger charge is 2.22. The van der Waals surface area contributed by atoms with E-state index in [-0.39, 0.29) is 11.8 Å². The summed E-state index contributed by atoms with van der Waals surface area (Å²) in [5.74, 6) is 0.849. The molecule has 0 fully saturated rings. The summed E-state index contributed by atoms with van der Waals surface area (Å²) in [7, 11) is 2.50. The van der Waals surface area contributed by atoms with Crippen LogP contribution in [0.1, 0.15) is 32.3 Å². The fraction of sp³-hybridized carbons (Fsp3) is 0.500. The Hall–Kier alpha value is 0.260. The predicted octanol–water partition coefficient (Wildman–Crippen LogP) is 6.09. The fourth-order valence-corrected chi connectivity index (χ4v) is 4.47. The third-order valence-electron chi connectivity index (χ3n) is 2.76. The molecule has 7 heteroatoms. The molecule has 1 rings (SSSR count). The minimum Gasteiger partial charge on any atom is -0.326 e. The van der Waals surface area contributed by atoms with Crippen LogP contribution in [-0.4, -0.2) is 14.8 Å². The molecule has 0 spiro atoms. The van der Waals surface area contributed by atoms with Gasteiger partial charge in [0.15, 0.2) is 0 Å². The summed E-state index contributed by atoms with van der Waals surface area (Å²) in [5, 5.41) is 2.89. The largest absolute Gasteiger partial charge is 0.326 e. The van der Waals surface area contributed by atoms with Crippen LogP contribution in [0.25, 0.3) is 0 Å². The number of nitrogens with one attached hydrogen (secondary N) is 1. The van der Waals surface area contributed by atoms with Gasteiger partial charge in [0.25, 0.3) is 0 Å². The Labute approximate surface area is 149 Å². The van der Waals surface area contributed by atoms with Crippen LogP contribution in [0.4, 0.5) is 5.69 Å². The van der Waals surface area contributed by atoms with Gasteiger partial charge in [-0.25, -0.2) is 0 Å². The lowest BCUT2D eigenvalue weighted by molar-refractivity contribution is -0.118.